The van der Waals surface area contributed by atoms with E-state index in [1.165, 1.54) is 32.1 Å². The molecule has 0 aromatic rings. The van der Waals surface area contributed by atoms with Gasteiger partial charge in [-0.15, -0.1) is 0 Å². The SMILES string of the molecule is CC/C=C\C/C=C\C/C=C\CCCCCCCC(=O)OCC(COC(=O)CCCCCCCCC)OC(=O)CCCCCCC/C=C\C/C=C\CCC. The fraction of sp³-hybridized carbons (Fsp3) is 0.723. The standard InChI is InChI=1S/C47H80O6/c1-4-7-10-13-16-18-20-22-23-25-26-28-31-34-37-40-46(49)52-43-44(42-51-45(48)39-36-33-30-15-12-9-6-3)53-47(50)41-38-35-32-29-27-24-21-19-17-14-11-8-5-2/h7,10-11,14,16,18-19,21-23,44H,4-6,8-9,12-13,15,17,20,24-43H2,1-3H3/b10-7-,14-11-,18-16-,21-19-,23-22-. The van der Waals surface area contributed by atoms with E-state index in [-0.39, 0.29) is 31.1 Å². The first-order valence-electron chi connectivity index (χ1n) is 21.8. The Bertz CT molecular complexity index is 991. The van der Waals surface area contributed by atoms with Gasteiger partial charge in [-0.3, -0.25) is 14.4 Å². The Morgan fingerprint density at radius 3 is 1.23 bits per heavy atom. The van der Waals surface area contributed by atoms with Crippen molar-refractivity contribution in [2.45, 2.75) is 207 Å². The van der Waals surface area contributed by atoms with Gasteiger partial charge in [-0.2, -0.15) is 0 Å². The average molecular weight is 741 g/mol. The van der Waals surface area contributed by atoms with Crippen molar-refractivity contribution >= 4 is 17.9 Å². The van der Waals surface area contributed by atoms with E-state index in [1.54, 1.807) is 0 Å². The third-order valence-electron chi connectivity index (χ3n) is 8.99. The maximum atomic E-state index is 12.7. The second-order valence-corrected chi connectivity index (χ2v) is 14.2. The number of unbranched alkanes of at least 4 members (excludes halogenated alkanes) is 17. The fourth-order valence-electron chi connectivity index (χ4n) is 5.73. The fourth-order valence-corrected chi connectivity index (χ4v) is 5.73. The van der Waals surface area contributed by atoms with Gasteiger partial charge in [-0.1, -0.05) is 165 Å². The average Bonchev–Trinajstić information content (AvgIpc) is 3.15. The highest BCUT2D eigenvalue weighted by molar-refractivity contribution is 5.71. The zero-order chi connectivity index (χ0) is 38.7. The quantitative estimate of drug-likeness (QED) is 0.0271. The van der Waals surface area contributed by atoms with Gasteiger partial charge in [0.05, 0.1) is 0 Å². The molecule has 0 aliphatic heterocycles. The molecule has 0 fully saturated rings. The lowest BCUT2D eigenvalue weighted by Crippen LogP contribution is -2.30. The first-order valence-corrected chi connectivity index (χ1v) is 21.8. The Balaban J connectivity index is 4.37. The van der Waals surface area contributed by atoms with Gasteiger partial charge in [0.25, 0.3) is 0 Å². The molecular formula is C47H80O6. The Morgan fingerprint density at radius 1 is 0.396 bits per heavy atom. The minimum atomic E-state index is -0.783. The molecule has 1 unspecified atom stereocenters. The minimum Gasteiger partial charge on any atom is -0.462 e. The molecule has 0 saturated carbocycles. The van der Waals surface area contributed by atoms with Gasteiger partial charge in [-0.25, -0.2) is 0 Å². The molecule has 0 saturated heterocycles. The molecule has 0 amide bonds. The van der Waals surface area contributed by atoms with Gasteiger partial charge in [0, 0.05) is 19.3 Å². The Morgan fingerprint density at radius 2 is 0.774 bits per heavy atom. The van der Waals surface area contributed by atoms with Gasteiger partial charge >= 0.3 is 17.9 Å². The van der Waals surface area contributed by atoms with E-state index in [0.717, 1.165) is 128 Å². The second kappa shape index (κ2) is 41.9. The molecule has 0 N–H and O–H groups in total. The number of rotatable bonds is 38. The van der Waals surface area contributed by atoms with Crippen LogP contribution in [0, 0.1) is 0 Å². The number of ether oxygens (including phenoxy) is 3. The van der Waals surface area contributed by atoms with Crippen molar-refractivity contribution in [1.82, 2.24) is 0 Å². The maximum absolute atomic E-state index is 12.7. The molecule has 0 radical (unpaired) electrons. The molecule has 0 aromatic heterocycles. The Labute approximate surface area is 326 Å². The summed E-state index contributed by atoms with van der Waals surface area (Å²) >= 11 is 0. The molecule has 0 spiro atoms. The van der Waals surface area contributed by atoms with E-state index in [1.807, 2.05) is 0 Å². The van der Waals surface area contributed by atoms with Crippen LogP contribution in [0.25, 0.3) is 0 Å². The van der Waals surface area contributed by atoms with Crippen LogP contribution in [0.4, 0.5) is 0 Å². The van der Waals surface area contributed by atoms with E-state index in [0.29, 0.717) is 19.3 Å². The smallest absolute Gasteiger partial charge is 0.306 e. The summed E-state index contributed by atoms with van der Waals surface area (Å²) in [6, 6.07) is 0. The molecule has 6 heteroatoms. The number of allylic oxidation sites excluding steroid dienone is 10. The summed E-state index contributed by atoms with van der Waals surface area (Å²) in [5.74, 6) is -0.930. The molecule has 1 atom stereocenters. The Kier molecular flexibility index (Phi) is 39.6. The topological polar surface area (TPSA) is 78.9 Å². The van der Waals surface area contributed by atoms with Crippen LogP contribution in [-0.2, 0) is 28.6 Å². The van der Waals surface area contributed by atoms with Crippen LogP contribution >= 0.6 is 0 Å². The van der Waals surface area contributed by atoms with Crippen molar-refractivity contribution in [3.8, 4) is 0 Å². The largest absolute Gasteiger partial charge is 0.462 e. The number of carbonyl (C=O) groups excluding carboxylic acids is 3. The molecule has 0 bridgehead atoms. The van der Waals surface area contributed by atoms with Crippen LogP contribution in [0.5, 0.6) is 0 Å². The Hall–Kier alpha value is -2.89. The lowest BCUT2D eigenvalue weighted by molar-refractivity contribution is -0.167. The van der Waals surface area contributed by atoms with E-state index in [9.17, 15) is 14.4 Å². The lowest BCUT2D eigenvalue weighted by atomic mass is 10.1. The monoisotopic (exact) mass is 741 g/mol. The molecular weight excluding hydrogens is 661 g/mol. The molecule has 0 aliphatic carbocycles. The van der Waals surface area contributed by atoms with E-state index >= 15 is 0 Å². The van der Waals surface area contributed by atoms with Gasteiger partial charge in [0.15, 0.2) is 6.10 Å². The van der Waals surface area contributed by atoms with Crippen molar-refractivity contribution in [2.75, 3.05) is 13.2 Å². The zero-order valence-corrected chi connectivity index (χ0v) is 34.5. The normalized spacial score (nSPS) is 12.6. The van der Waals surface area contributed by atoms with Crippen molar-refractivity contribution in [2.24, 2.45) is 0 Å². The highest BCUT2D eigenvalue weighted by Gasteiger charge is 2.19. The van der Waals surface area contributed by atoms with Crippen LogP contribution in [0.2, 0.25) is 0 Å². The molecule has 0 aliphatic rings. The summed E-state index contributed by atoms with van der Waals surface area (Å²) in [5, 5.41) is 0. The summed E-state index contributed by atoms with van der Waals surface area (Å²) in [6.45, 7) is 6.37. The highest BCUT2D eigenvalue weighted by atomic mass is 16.6. The number of hydrogen-bond acceptors (Lipinski definition) is 6. The minimum absolute atomic E-state index is 0.0860. The van der Waals surface area contributed by atoms with E-state index < -0.39 is 6.10 Å². The second-order valence-electron chi connectivity index (χ2n) is 14.2. The first kappa shape index (κ1) is 50.1. The molecule has 0 rings (SSSR count). The zero-order valence-electron chi connectivity index (χ0n) is 34.5. The predicted octanol–water partition coefficient (Wildman–Crippen LogP) is 13.7. The summed E-state index contributed by atoms with van der Waals surface area (Å²) in [7, 11) is 0. The molecule has 0 aromatic carbocycles. The maximum Gasteiger partial charge on any atom is 0.306 e. The van der Waals surface area contributed by atoms with Crippen LogP contribution in [0.1, 0.15) is 201 Å². The molecule has 0 heterocycles. The van der Waals surface area contributed by atoms with Crippen LogP contribution in [0.3, 0.4) is 0 Å². The van der Waals surface area contributed by atoms with Gasteiger partial charge in [0.1, 0.15) is 13.2 Å². The third kappa shape index (κ3) is 40.1. The highest BCUT2D eigenvalue weighted by Crippen LogP contribution is 2.13. The van der Waals surface area contributed by atoms with E-state index in [4.69, 9.17) is 14.2 Å². The molecule has 6 nitrogen and oxygen atoms in total. The van der Waals surface area contributed by atoms with Crippen molar-refractivity contribution in [1.29, 1.82) is 0 Å². The predicted molar refractivity (Wildman–Crippen MR) is 224 cm³/mol. The molecule has 304 valence electrons. The van der Waals surface area contributed by atoms with Crippen molar-refractivity contribution in [3.63, 3.8) is 0 Å². The van der Waals surface area contributed by atoms with Gasteiger partial charge < -0.3 is 14.2 Å². The lowest BCUT2D eigenvalue weighted by Gasteiger charge is -2.18. The van der Waals surface area contributed by atoms with Crippen LogP contribution < -0.4 is 0 Å². The summed E-state index contributed by atoms with van der Waals surface area (Å²) in [6.07, 6.45) is 49.2. The number of carbonyl (C=O) groups is 3. The van der Waals surface area contributed by atoms with Gasteiger partial charge in [0.2, 0.25) is 0 Å². The first-order chi connectivity index (χ1) is 26.0. The third-order valence-corrected chi connectivity index (χ3v) is 8.99. The number of esters is 3. The van der Waals surface area contributed by atoms with Gasteiger partial charge in [-0.05, 0) is 77.0 Å². The van der Waals surface area contributed by atoms with Crippen molar-refractivity contribution < 1.29 is 28.6 Å². The van der Waals surface area contributed by atoms with Crippen LogP contribution in [0.15, 0.2) is 60.8 Å². The summed E-state index contributed by atoms with van der Waals surface area (Å²) in [4.78, 5) is 37.5. The van der Waals surface area contributed by atoms with Crippen LogP contribution in [-0.4, -0.2) is 37.2 Å². The molecule has 53 heavy (non-hydrogen) atoms. The number of hydrogen-bond donors (Lipinski definition) is 0. The van der Waals surface area contributed by atoms with Crippen molar-refractivity contribution in [3.05, 3.63) is 60.8 Å². The summed E-state index contributed by atoms with van der Waals surface area (Å²) < 4.78 is 16.6. The van der Waals surface area contributed by atoms with E-state index in [2.05, 4.69) is 81.5 Å². The summed E-state index contributed by atoms with van der Waals surface area (Å²) in [5.41, 5.74) is 0.